The fraction of sp³-hybridized carbons (Fsp3) is 0.407. The van der Waals surface area contributed by atoms with Crippen LogP contribution >= 0.6 is 0 Å². The number of carbonyl (C=O) groups is 2. The molecule has 3 aromatic rings. The van der Waals surface area contributed by atoms with Gasteiger partial charge in [-0.15, -0.1) is 0 Å². The summed E-state index contributed by atoms with van der Waals surface area (Å²) in [7, 11) is 5.08. The van der Waals surface area contributed by atoms with Crippen LogP contribution in [0.1, 0.15) is 30.9 Å². The molecule has 0 radical (unpaired) electrons. The Morgan fingerprint density at radius 3 is 2.38 bits per heavy atom. The quantitative estimate of drug-likeness (QED) is 0.453. The van der Waals surface area contributed by atoms with Crippen molar-refractivity contribution < 1.29 is 14.3 Å². The van der Waals surface area contributed by atoms with E-state index >= 15 is 0 Å². The average molecular weight is 465 g/mol. The monoisotopic (exact) mass is 464 g/mol. The molecule has 182 valence electrons. The molecule has 2 aromatic carbocycles. The smallest absolute Gasteiger partial charge is 0.319 e. The van der Waals surface area contributed by atoms with Crippen LogP contribution in [0.3, 0.4) is 0 Å². The third kappa shape index (κ3) is 6.53. The van der Waals surface area contributed by atoms with Crippen LogP contribution in [-0.4, -0.2) is 72.5 Å². The molecular weight excluding hydrogens is 428 g/mol. The molecule has 3 amide bonds. The number of nitrogens with one attached hydrogen (secondary N) is 1. The molecular formula is C27H36N4O3. The number of carbonyl (C=O) groups excluding carboxylic acids is 2. The summed E-state index contributed by atoms with van der Waals surface area (Å²) in [6.07, 6.45) is 4.56. The van der Waals surface area contributed by atoms with Crippen LogP contribution in [-0.2, 0) is 17.8 Å². The molecule has 34 heavy (non-hydrogen) atoms. The molecule has 1 aromatic heterocycles. The zero-order valence-corrected chi connectivity index (χ0v) is 20.7. The van der Waals surface area contributed by atoms with Gasteiger partial charge in [-0.1, -0.05) is 43.7 Å². The minimum Gasteiger partial charge on any atom is -0.497 e. The van der Waals surface area contributed by atoms with E-state index in [0.29, 0.717) is 19.6 Å². The summed E-state index contributed by atoms with van der Waals surface area (Å²) in [4.78, 5) is 34.5. The topological polar surface area (TPSA) is 68.9 Å². The zero-order valence-electron chi connectivity index (χ0n) is 20.7. The Morgan fingerprint density at radius 2 is 1.71 bits per heavy atom. The molecule has 0 saturated heterocycles. The summed E-state index contributed by atoms with van der Waals surface area (Å²) in [5.74, 6) is 0.727. The molecule has 0 fully saturated rings. The lowest BCUT2D eigenvalue weighted by Gasteiger charge is -2.29. The van der Waals surface area contributed by atoms with E-state index in [9.17, 15) is 9.59 Å². The van der Waals surface area contributed by atoms with Crippen molar-refractivity contribution >= 4 is 22.8 Å². The lowest BCUT2D eigenvalue weighted by molar-refractivity contribution is -0.132. The molecule has 0 aliphatic carbocycles. The maximum absolute atomic E-state index is 13.5. The van der Waals surface area contributed by atoms with Gasteiger partial charge in [0, 0.05) is 50.8 Å². The van der Waals surface area contributed by atoms with Gasteiger partial charge in [-0.3, -0.25) is 4.79 Å². The highest BCUT2D eigenvalue weighted by atomic mass is 16.5. The lowest BCUT2D eigenvalue weighted by Crippen LogP contribution is -2.47. The highest BCUT2D eigenvalue weighted by Crippen LogP contribution is 2.19. The van der Waals surface area contributed by atoms with Crippen molar-refractivity contribution in [2.75, 3.05) is 40.8 Å². The van der Waals surface area contributed by atoms with E-state index in [1.165, 1.54) is 15.8 Å². The lowest BCUT2D eigenvalue weighted by atomic mass is 10.1. The first-order chi connectivity index (χ1) is 16.4. The van der Waals surface area contributed by atoms with Gasteiger partial charge < -0.3 is 24.4 Å². The summed E-state index contributed by atoms with van der Waals surface area (Å²) in [5.41, 5.74) is 3.29. The molecule has 1 N–H and O–H groups in total. The van der Waals surface area contributed by atoms with Gasteiger partial charge in [-0.25, -0.2) is 4.79 Å². The van der Waals surface area contributed by atoms with Gasteiger partial charge in [0.25, 0.3) is 0 Å². The van der Waals surface area contributed by atoms with E-state index in [4.69, 9.17) is 4.74 Å². The van der Waals surface area contributed by atoms with Crippen molar-refractivity contribution in [1.29, 1.82) is 0 Å². The molecule has 0 spiro atoms. The highest BCUT2D eigenvalue weighted by molar-refractivity contribution is 5.85. The van der Waals surface area contributed by atoms with Gasteiger partial charge in [0.15, 0.2) is 0 Å². The van der Waals surface area contributed by atoms with Crippen molar-refractivity contribution in [3.63, 3.8) is 0 Å². The molecule has 1 heterocycles. The summed E-state index contributed by atoms with van der Waals surface area (Å²) >= 11 is 0. The third-order valence-electron chi connectivity index (χ3n) is 5.97. The second-order valence-corrected chi connectivity index (χ2v) is 8.72. The van der Waals surface area contributed by atoms with Crippen LogP contribution in [0.2, 0.25) is 0 Å². The van der Waals surface area contributed by atoms with Crippen molar-refractivity contribution in [2.24, 2.45) is 0 Å². The van der Waals surface area contributed by atoms with E-state index in [1.807, 2.05) is 47.5 Å². The van der Waals surface area contributed by atoms with Gasteiger partial charge >= 0.3 is 6.03 Å². The maximum Gasteiger partial charge on any atom is 0.319 e. The second-order valence-electron chi connectivity index (χ2n) is 8.72. The maximum atomic E-state index is 13.5. The average Bonchev–Trinajstić information content (AvgIpc) is 3.27. The van der Waals surface area contributed by atoms with Crippen LogP contribution in [0, 0.1) is 0 Å². The van der Waals surface area contributed by atoms with Crippen LogP contribution in [0.15, 0.2) is 54.7 Å². The molecule has 3 rings (SSSR count). The first-order valence-electron chi connectivity index (χ1n) is 11.8. The van der Waals surface area contributed by atoms with Crippen LogP contribution in [0.5, 0.6) is 5.75 Å². The molecule has 0 saturated carbocycles. The number of H-pyrrole nitrogens is 1. The summed E-state index contributed by atoms with van der Waals surface area (Å²) in [6, 6.07) is 15.8. The number of amides is 3. The third-order valence-corrected chi connectivity index (χ3v) is 5.97. The van der Waals surface area contributed by atoms with Crippen molar-refractivity contribution in [3.05, 3.63) is 65.9 Å². The number of fused-ring (bicyclic) bond motifs is 1. The van der Waals surface area contributed by atoms with Gasteiger partial charge in [-0.2, -0.15) is 0 Å². The SMILES string of the molecule is CCCCN(CC(=O)N(CCc1c[nH]c2ccccc12)Cc1ccc(OC)cc1)C(=O)N(C)C. The Balaban J connectivity index is 1.78. The number of hydrogen-bond donors (Lipinski definition) is 1. The van der Waals surface area contributed by atoms with E-state index in [-0.39, 0.29) is 18.5 Å². The number of hydrogen-bond acceptors (Lipinski definition) is 3. The van der Waals surface area contributed by atoms with Gasteiger partial charge in [-0.05, 0) is 42.2 Å². The van der Waals surface area contributed by atoms with E-state index in [0.717, 1.165) is 36.1 Å². The number of rotatable bonds is 11. The predicted octanol–water partition coefficient (Wildman–Crippen LogP) is 4.53. The summed E-state index contributed by atoms with van der Waals surface area (Å²) < 4.78 is 5.27. The normalized spacial score (nSPS) is 10.8. The van der Waals surface area contributed by atoms with Gasteiger partial charge in [0.2, 0.25) is 5.91 Å². The Kier molecular flexibility index (Phi) is 8.96. The molecule has 7 heteroatoms. The van der Waals surface area contributed by atoms with Crippen molar-refractivity contribution in [3.8, 4) is 5.75 Å². The Bertz CT molecular complexity index is 1070. The number of para-hydroxylation sites is 1. The Morgan fingerprint density at radius 1 is 0.971 bits per heavy atom. The fourth-order valence-electron chi connectivity index (χ4n) is 3.97. The van der Waals surface area contributed by atoms with Gasteiger partial charge in [0.1, 0.15) is 12.3 Å². The summed E-state index contributed by atoms with van der Waals surface area (Å²) in [5, 5.41) is 1.17. The molecule has 0 unspecified atom stereocenters. The largest absolute Gasteiger partial charge is 0.497 e. The first kappa shape index (κ1) is 25.1. The highest BCUT2D eigenvalue weighted by Gasteiger charge is 2.22. The number of nitrogens with zero attached hydrogens (tertiary/aromatic N) is 3. The number of unbranched alkanes of at least 4 members (excludes halogenated alkanes) is 1. The second kappa shape index (κ2) is 12.1. The minimum atomic E-state index is -0.136. The molecule has 7 nitrogen and oxygen atoms in total. The van der Waals surface area contributed by atoms with E-state index in [2.05, 4.69) is 24.0 Å². The predicted molar refractivity (Wildman–Crippen MR) is 136 cm³/mol. The first-order valence-corrected chi connectivity index (χ1v) is 11.8. The fourth-order valence-corrected chi connectivity index (χ4v) is 3.97. The van der Waals surface area contributed by atoms with Crippen LogP contribution < -0.4 is 4.74 Å². The molecule has 0 bridgehead atoms. The number of benzene rings is 2. The van der Waals surface area contributed by atoms with Crippen LogP contribution in [0.25, 0.3) is 10.9 Å². The van der Waals surface area contributed by atoms with Crippen molar-refractivity contribution in [2.45, 2.75) is 32.7 Å². The van der Waals surface area contributed by atoms with Gasteiger partial charge in [0.05, 0.1) is 7.11 Å². The Hall–Kier alpha value is -3.48. The van der Waals surface area contributed by atoms with Crippen LogP contribution in [0.4, 0.5) is 4.79 Å². The zero-order chi connectivity index (χ0) is 24.5. The molecule has 0 atom stereocenters. The molecule has 0 aliphatic heterocycles. The summed E-state index contributed by atoms with van der Waals surface area (Å²) in [6.45, 7) is 3.75. The minimum absolute atomic E-state index is 0.0537. The number of aromatic nitrogens is 1. The number of methoxy groups -OCH3 is 1. The van der Waals surface area contributed by atoms with E-state index < -0.39 is 0 Å². The standard InChI is InChI=1S/C27H36N4O3/c1-5-6-16-31(27(33)29(2)3)20-26(32)30(19-21-11-13-23(34-4)14-12-21)17-15-22-18-28-25-10-8-7-9-24(22)25/h7-14,18,28H,5-6,15-17,19-20H2,1-4H3. The molecule has 0 aliphatic rings. The number of urea groups is 1. The van der Waals surface area contributed by atoms with Crippen molar-refractivity contribution in [1.82, 2.24) is 19.7 Å². The Labute approximate surface area is 202 Å². The van der Waals surface area contributed by atoms with E-state index in [1.54, 1.807) is 26.1 Å². The number of aromatic amines is 1. The number of ether oxygens (including phenoxy) is 1.